The van der Waals surface area contributed by atoms with Gasteiger partial charge in [-0.1, -0.05) is 17.8 Å². The summed E-state index contributed by atoms with van der Waals surface area (Å²) < 4.78 is 0.907. The maximum atomic E-state index is 12.0. The Balaban J connectivity index is 1.91. The fourth-order valence-corrected chi connectivity index (χ4v) is 2.92. The Bertz CT molecular complexity index is 542. The van der Waals surface area contributed by atoms with E-state index in [1.165, 1.54) is 11.3 Å². The number of thioether (sulfide) groups is 1. The molecule has 0 unspecified atom stereocenters. The molecular formula is C13H15N3OS2. The highest BCUT2D eigenvalue weighted by Crippen LogP contribution is 2.19. The minimum atomic E-state index is -0.118. The number of carbonyl (C=O) groups is 1. The van der Waals surface area contributed by atoms with Crippen molar-refractivity contribution in [3.05, 3.63) is 41.2 Å². The molecule has 0 radical (unpaired) electrons. The van der Waals surface area contributed by atoms with Crippen molar-refractivity contribution in [1.29, 1.82) is 0 Å². The zero-order chi connectivity index (χ0) is 13.7. The van der Waals surface area contributed by atoms with Gasteiger partial charge in [-0.2, -0.15) is 0 Å². The summed E-state index contributed by atoms with van der Waals surface area (Å²) in [6, 6.07) is 3.95. The van der Waals surface area contributed by atoms with Crippen molar-refractivity contribution in [2.75, 3.05) is 6.26 Å². The lowest BCUT2D eigenvalue weighted by Crippen LogP contribution is -2.34. The molecule has 1 amide bonds. The molecule has 6 heteroatoms. The Kier molecular flexibility index (Phi) is 4.93. The first kappa shape index (κ1) is 14.0. The molecule has 0 aliphatic carbocycles. The highest BCUT2D eigenvalue weighted by Gasteiger charge is 2.13. The lowest BCUT2D eigenvalue weighted by Gasteiger charge is -2.12. The molecule has 0 saturated carbocycles. The molecule has 19 heavy (non-hydrogen) atoms. The van der Waals surface area contributed by atoms with Gasteiger partial charge in [0.2, 0.25) is 0 Å². The maximum Gasteiger partial charge on any atom is 0.271 e. The number of hydrogen-bond donors (Lipinski definition) is 1. The number of hydrogen-bond acceptors (Lipinski definition) is 5. The van der Waals surface area contributed by atoms with E-state index in [1.54, 1.807) is 23.3 Å². The molecule has 0 fully saturated rings. The van der Waals surface area contributed by atoms with Gasteiger partial charge in [-0.25, -0.2) is 4.98 Å². The van der Waals surface area contributed by atoms with Crippen molar-refractivity contribution in [2.45, 2.75) is 23.7 Å². The summed E-state index contributed by atoms with van der Waals surface area (Å²) in [5.74, 6) is -0.118. The van der Waals surface area contributed by atoms with Crippen LogP contribution in [-0.4, -0.2) is 28.2 Å². The lowest BCUT2D eigenvalue weighted by atomic mass is 10.1. The number of amides is 1. The molecule has 2 heterocycles. The fraction of sp³-hybridized carbons (Fsp3) is 0.308. The summed E-state index contributed by atoms with van der Waals surface area (Å²) in [6.07, 6.45) is 6.27. The highest BCUT2D eigenvalue weighted by molar-refractivity contribution is 8.00. The topological polar surface area (TPSA) is 54.9 Å². The first-order valence-electron chi connectivity index (χ1n) is 5.88. The molecule has 4 nitrogen and oxygen atoms in total. The van der Waals surface area contributed by atoms with Gasteiger partial charge in [0, 0.05) is 23.8 Å². The zero-order valence-corrected chi connectivity index (χ0v) is 12.4. The minimum Gasteiger partial charge on any atom is -0.348 e. The van der Waals surface area contributed by atoms with Gasteiger partial charge in [0.05, 0.1) is 0 Å². The molecular weight excluding hydrogens is 278 g/mol. The van der Waals surface area contributed by atoms with Gasteiger partial charge >= 0.3 is 0 Å². The van der Waals surface area contributed by atoms with Gasteiger partial charge in [-0.3, -0.25) is 9.78 Å². The van der Waals surface area contributed by atoms with Crippen LogP contribution in [0.4, 0.5) is 0 Å². The summed E-state index contributed by atoms with van der Waals surface area (Å²) in [5, 5.41) is 4.74. The van der Waals surface area contributed by atoms with Crippen LogP contribution >= 0.6 is 23.1 Å². The molecule has 0 bridgehead atoms. The van der Waals surface area contributed by atoms with E-state index in [0.29, 0.717) is 5.69 Å². The third kappa shape index (κ3) is 4.04. The van der Waals surface area contributed by atoms with E-state index in [0.717, 1.165) is 16.3 Å². The molecule has 0 aliphatic rings. The Morgan fingerprint density at radius 2 is 2.42 bits per heavy atom. The molecule has 2 aromatic rings. The van der Waals surface area contributed by atoms with Crippen LogP contribution in [0.5, 0.6) is 0 Å². The van der Waals surface area contributed by atoms with Crippen molar-refractivity contribution < 1.29 is 4.79 Å². The van der Waals surface area contributed by atoms with E-state index in [2.05, 4.69) is 15.3 Å². The minimum absolute atomic E-state index is 0.0520. The van der Waals surface area contributed by atoms with Crippen LogP contribution in [0.3, 0.4) is 0 Å². The van der Waals surface area contributed by atoms with E-state index in [1.807, 2.05) is 31.5 Å². The van der Waals surface area contributed by atoms with Crippen molar-refractivity contribution >= 4 is 29.0 Å². The van der Waals surface area contributed by atoms with Crippen LogP contribution < -0.4 is 5.32 Å². The van der Waals surface area contributed by atoms with Gasteiger partial charge < -0.3 is 5.32 Å². The second-order valence-electron chi connectivity index (χ2n) is 4.14. The Hall–Kier alpha value is -1.40. The van der Waals surface area contributed by atoms with Gasteiger partial charge in [0.25, 0.3) is 5.91 Å². The van der Waals surface area contributed by atoms with Gasteiger partial charge in [-0.15, -0.1) is 11.3 Å². The quantitative estimate of drug-likeness (QED) is 0.861. The monoisotopic (exact) mass is 293 g/mol. The van der Waals surface area contributed by atoms with E-state index < -0.39 is 0 Å². The van der Waals surface area contributed by atoms with Crippen LogP contribution in [-0.2, 0) is 6.42 Å². The van der Waals surface area contributed by atoms with Gasteiger partial charge in [0.1, 0.15) is 10.0 Å². The number of pyridine rings is 1. The van der Waals surface area contributed by atoms with Crippen molar-refractivity contribution in [3.8, 4) is 0 Å². The van der Waals surface area contributed by atoms with E-state index in [4.69, 9.17) is 0 Å². The number of nitrogens with zero attached hydrogens (tertiary/aromatic N) is 2. The normalized spacial score (nSPS) is 12.1. The smallest absolute Gasteiger partial charge is 0.271 e. The molecule has 0 saturated heterocycles. The summed E-state index contributed by atoms with van der Waals surface area (Å²) in [7, 11) is 0. The third-order valence-electron chi connectivity index (χ3n) is 2.53. The molecule has 2 aromatic heterocycles. The summed E-state index contributed by atoms with van der Waals surface area (Å²) >= 11 is 3.04. The van der Waals surface area contributed by atoms with Crippen LogP contribution in [0, 0.1) is 0 Å². The molecule has 0 aliphatic heterocycles. The van der Waals surface area contributed by atoms with Crippen molar-refractivity contribution in [1.82, 2.24) is 15.3 Å². The molecule has 0 aromatic carbocycles. The predicted octanol–water partition coefficient (Wildman–Crippen LogP) is 2.62. The van der Waals surface area contributed by atoms with Gasteiger partial charge in [0.15, 0.2) is 0 Å². The number of thiazole rings is 1. The molecule has 0 spiro atoms. The van der Waals surface area contributed by atoms with Crippen LogP contribution in [0.1, 0.15) is 23.0 Å². The first-order valence-corrected chi connectivity index (χ1v) is 7.98. The molecule has 1 atom stereocenters. The van der Waals surface area contributed by atoms with E-state index in [9.17, 15) is 4.79 Å². The SMILES string of the molecule is CSc1nc(C(=O)N[C@H](C)Cc2cccnc2)cs1. The first-order chi connectivity index (χ1) is 9.19. The lowest BCUT2D eigenvalue weighted by molar-refractivity contribution is 0.0935. The fourth-order valence-electron chi connectivity index (χ4n) is 1.68. The largest absolute Gasteiger partial charge is 0.348 e. The van der Waals surface area contributed by atoms with Crippen LogP contribution in [0.15, 0.2) is 34.2 Å². The number of carbonyl (C=O) groups excluding carboxylic acids is 1. The summed E-state index contributed by atoms with van der Waals surface area (Å²) in [5.41, 5.74) is 1.60. The second-order valence-corrected chi connectivity index (χ2v) is 6.05. The average Bonchev–Trinajstić information content (AvgIpc) is 2.88. The highest BCUT2D eigenvalue weighted by atomic mass is 32.2. The molecule has 2 rings (SSSR count). The number of nitrogens with one attached hydrogen (secondary N) is 1. The summed E-state index contributed by atoms with van der Waals surface area (Å²) in [6.45, 7) is 1.98. The average molecular weight is 293 g/mol. The maximum absolute atomic E-state index is 12.0. The van der Waals surface area contributed by atoms with Crippen molar-refractivity contribution in [2.24, 2.45) is 0 Å². The van der Waals surface area contributed by atoms with Gasteiger partial charge in [-0.05, 0) is 31.2 Å². The Morgan fingerprint density at radius 3 is 3.05 bits per heavy atom. The van der Waals surface area contributed by atoms with E-state index in [-0.39, 0.29) is 11.9 Å². The summed E-state index contributed by atoms with van der Waals surface area (Å²) in [4.78, 5) is 20.3. The zero-order valence-electron chi connectivity index (χ0n) is 10.8. The Labute approximate surface area is 120 Å². The predicted molar refractivity (Wildman–Crippen MR) is 78.8 cm³/mol. The van der Waals surface area contributed by atoms with Crippen LogP contribution in [0.25, 0.3) is 0 Å². The number of aromatic nitrogens is 2. The molecule has 1 N–H and O–H groups in total. The molecule has 100 valence electrons. The Morgan fingerprint density at radius 1 is 1.58 bits per heavy atom. The standard InChI is InChI=1S/C13H15N3OS2/c1-9(6-10-4-3-5-14-7-10)15-12(17)11-8-19-13(16-11)18-2/h3-5,7-9H,6H2,1-2H3,(H,15,17)/t9-/m1/s1. The second kappa shape index (κ2) is 6.68. The van der Waals surface area contributed by atoms with Crippen LogP contribution in [0.2, 0.25) is 0 Å². The van der Waals surface area contributed by atoms with Crippen molar-refractivity contribution in [3.63, 3.8) is 0 Å². The van der Waals surface area contributed by atoms with E-state index >= 15 is 0 Å². The third-order valence-corrected chi connectivity index (χ3v) is 4.40. The number of rotatable bonds is 5.